The molecule has 5 aromatic rings. The molecule has 1 aliphatic heterocycles. The predicted octanol–water partition coefficient (Wildman–Crippen LogP) is 7.24. The van der Waals surface area contributed by atoms with Gasteiger partial charge in [-0.25, -0.2) is 4.68 Å². The molecule has 6 rings (SSSR count). The van der Waals surface area contributed by atoms with E-state index in [0.717, 1.165) is 11.3 Å². The molecule has 0 spiro atoms. The molecular formula is C31H29Cl3N8O2. The number of carbonyl (C=O) groups is 1. The van der Waals surface area contributed by atoms with E-state index in [1.165, 1.54) is 10.7 Å². The van der Waals surface area contributed by atoms with Crippen LogP contribution in [0.1, 0.15) is 57.8 Å². The molecule has 0 fully saturated rings. The second-order valence-electron chi connectivity index (χ2n) is 11.2. The number of aromatic nitrogens is 7. The third kappa shape index (κ3) is 5.77. The van der Waals surface area contributed by atoms with Crippen molar-refractivity contribution in [3.05, 3.63) is 92.4 Å². The summed E-state index contributed by atoms with van der Waals surface area (Å²) in [5.41, 5.74) is 4.39. The Morgan fingerprint density at radius 3 is 2.57 bits per heavy atom. The van der Waals surface area contributed by atoms with Crippen molar-refractivity contribution in [2.24, 2.45) is 5.92 Å². The van der Waals surface area contributed by atoms with Gasteiger partial charge in [-0.1, -0.05) is 53.4 Å². The molecule has 13 heteroatoms. The Labute approximate surface area is 268 Å². The average molecular weight is 652 g/mol. The number of carbonyl (C=O) groups excluding carboxylic acids is 1. The number of nitrogens with one attached hydrogen (secondary N) is 1. The summed E-state index contributed by atoms with van der Waals surface area (Å²) in [6.07, 6.45) is 8.48. The number of rotatable bonds is 4. The van der Waals surface area contributed by atoms with Crippen LogP contribution in [-0.4, -0.2) is 40.2 Å². The number of pyridine rings is 2. The average Bonchev–Trinajstić information content (AvgIpc) is 3.62. The van der Waals surface area contributed by atoms with Gasteiger partial charge >= 0.3 is 0 Å². The van der Waals surface area contributed by atoms with Crippen LogP contribution in [0, 0.1) is 5.92 Å². The van der Waals surface area contributed by atoms with Crippen LogP contribution in [0.3, 0.4) is 0 Å². The second kappa shape index (κ2) is 12.2. The van der Waals surface area contributed by atoms with Crippen molar-refractivity contribution >= 4 is 46.4 Å². The van der Waals surface area contributed by atoms with Crippen molar-refractivity contribution in [2.75, 3.05) is 5.32 Å². The Hall–Kier alpha value is -3.99. The van der Waals surface area contributed by atoms with E-state index in [1.54, 1.807) is 47.6 Å². The van der Waals surface area contributed by atoms with Gasteiger partial charge in [0.05, 0.1) is 46.2 Å². The van der Waals surface area contributed by atoms with Gasteiger partial charge in [0.25, 0.3) is 5.56 Å². The number of anilines is 1. The van der Waals surface area contributed by atoms with Crippen LogP contribution in [0.25, 0.3) is 28.1 Å². The van der Waals surface area contributed by atoms with Crippen molar-refractivity contribution < 1.29 is 4.79 Å². The van der Waals surface area contributed by atoms with Gasteiger partial charge in [0.2, 0.25) is 5.91 Å². The molecule has 1 amide bonds. The number of hydrogen-bond acceptors (Lipinski definition) is 6. The zero-order valence-corrected chi connectivity index (χ0v) is 26.5. The summed E-state index contributed by atoms with van der Waals surface area (Å²) in [5, 5.41) is 16.6. The van der Waals surface area contributed by atoms with Crippen LogP contribution in [0.4, 0.5) is 5.69 Å². The smallest absolute Gasteiger partial charge is 0.251 e. The first kappa shape index (κ1) is 30.1. The van der Waals surface area contributed by atoms with Crippen molar-refractivity contribution in [3.63, 3.8) is 0 Å². The molecule has 44 heavy (non-hydrogen) atoms. The molecule has 1 aliphatic rings. The van der Waals surface area contributed by atoms with Crippen LogP contribution >= 0.6 is 34.8 Å². The van der Waals surface area contributed by atoms with E-state index in [0.29, 0.717) is 57.5 Å². The monoisotopic (exact) mass is 650 g/mol. The van der Waals surface area contributed by atoms with Crippen LogP contribution in [0.2, 0.25) is 15.2 Å². The lowest BCUT2D eigenvalue weighted by Crippen LogP contribution is -2.27. The van der Waals surface area contributed by atoms with Crippen molar-refractivity contribution in [1.82, 2.24) is 34.3 Å². The molecule has 0 saturated heterocycles. The molecule has 226 valence electrons. The summed E-state index contributed by atoms with van der Waals surface area (Å²) in [6, 6.07) is 10.2. The first-order chi connectivity index (χ1) is 21.1. The van der Waals surface area contributed by atoms with Gasteiger partial charge in [-0.3, -0.25) is 19.3 Å². The molecule has 1 aromatic carbocycles. The number of nitrogens with zero attached hydrogens (tertiary/aromatic N) is 7. The summed E-state index contributed by atoms with van der Waals surface area (Å²) < 4.78 is 5.00. The van der Waals surface area contributed by atoms with Crippen LogP contribution < -0.4 is 10.9 Å². The Morgan fingerprint density at radius 1 is 1.00 bits per heavy atom. The lowest BCUT2D eigenvalue weighted by Gasteiger charge is -2.23. The maximum atomic E-state index is 13.9. The highest BCUT2D eigenvalue weighted by Gasteiger charge is 2.25. The standard InChI is InChI=1S/C31H29Cl3N8O2/c1-17(2)42-30-19-9-10-35-24(11-19)27(6-4-5-18(3)31(44)37-25(30)14-36-42)40-15-23(33)21(13-29(40)43)22-12-20(32)7-8-26(22)41-16-28(34)38-39-41/h7-18,27H,4-6H2,1-3H3,(H,37,44)/t18-,27+/m1/s1. The zero-order chi connectivity index (χ0) is 31.1. The molecule has 2 atom stereocenters. The Morgan fingerprint density at radius 2 is 1.82 bits per heavy atom. The molecule has 2 bridgehead atoms. The van der Waals surface area contributed by atoms with Gasteiger partial charge in [0.15, 0.2) is 5.15 Å². The third-order valence-corrected chi connectivity index (χ3v) is 8.54. The molecule has 0 aliphatic carbocycles. The minimum absolute atomic E-state index is 0.0484. The maximum absolute atomic E-state index is 13.9. The number of amides is 1. The SMILES string of the molecule is CC(C)n1ncc2c1-c1ccnc(c1)[C@@H](n1cc(Cl)c(-c3cc(Cl)ccc3-n3cc(Cl)nn3)cc1=O)CCC[C@@H](C)C(=O)N2. The van der Waals surface area contributed by atoms with Gasteiger partial charge in [-0.2, -0.15) is 5.10 Å². The summed E-state index contributed by atoms with van der Waals surface area (Å²) in [5.74, 6) is -0.317. The summed E-state index contributed by atoms with van der Waals surface area (Å²) in [7, 11) is 0. The normalized spacial score (nSPS) is 17.1. The fraction of sp³-hybridized carbons (Fsp3) is 0.290. The highest BCUT2D eigenvalue weighted by molar-refractivity contribution is 6.34. The van der Waals surface area contributed by atoms with Crippen LogP contribution in [-0.2, 0) is 4.79 Å². The topological polar surface area (TPSA) is 113 Å². The largest absolute Gasteiger partial charge is 0.323 e. The minimum Gasteiger partial charge on any atom is -0.323 e. The quantitative estimate of drug-likeness (QED) is 0.219. The number of halogens is 3. The van der Waals surface area contributed by atoms with Gasteiger partial charge < -0.3 is 9.88 Å². The van der Waals surface area contributed by atoms with E-state index >= 15 is 0 Å². The summed E-state index contributed by atoms with van der Waals surface area (Å²) in [6.45, 7) is 5.97. The lowest BCUT2D eigenvalue weighted by atomic mass is 9.96. The molecular weight excluding hydrogens is 623 g/mol. The fourth-order valence-electron chi connectivity index (χ4n) is 5.60. The van der Waals surface area contributed by atoms with Gasteiger partial charge in [0, 0.05) is 52.1 Å². The van der Waals surface area contributed by atoms with E-state index in [4.69, 9.17) is 39.8 Å². The minimum atomic E-state index is -0.435. The molecule has 4 aromatic heterocycles. The van der Waals surface area contributed by atoms with Gasteiger partial charge in [0.1, 0.15) is 0 Å². The second-order valence-corrected chi connectivity index (χ2v) is 12.4. The van der Waals surface area contributed by atoms with E-state index in [9.17, 15) is 9.59 Å². The van der Waals surface area contributed by atoms with Crippen molar-refractivity contribution in [2.45, 2.75) is 52.1 Å². The molecule has 0 radical (unpaired) electrons. The summed E-state index contributed by atoms with van der Waals surface area (Å²) >= 11 is 19.3. The predicted molar refractivity (Wildman–Crippen MR) is 172 cm³/mol. The van der Waals surface area contributed by atoms with Gasteiger partial charge in [-0.15, -0.1) is 5.10 Å². The highest BCUT2D eigenvalue weighted by atomic mass is 35.5. The molecule has 0 saturated carbocycles. The van der Waals surface area contributed by atoms with E-state index < -0.39 is 6.04 Å². The first-order valence-corrected chi connectivity index (χ1v) is 15.4. The van der Waals surface area contributed by atoms with Crippen LogP contribution in [0.5, 0.6) is 0 Å². The molecule has 5 heterocycles. The molecule has 0 unspecified atom stereocenters. The third-order valence-electron chi connectivity index (χ3n) is 7.83. The van der Waals surface area contributed by atoms with E-state index in [-0.39, 0.29) is 28.6 Å². The number of fused-ring (bicyclic) bond motifs is 4. The number of benzene rings is 1. The number of hydrogen-bond donors (Lipinski definition) is 1. The zero-order valence-electron chi connectivity index (χ0n) is 24.2. The van der Waals surface area contributed by atoms with E-state index in [1.807, 2.05) is 37.6 Å². The first-order valence-electron chi connectivity index (χ1n) is 14.2. The molecule has 1 N–H and O–H groups in total. The van der Waals surface area contributed by atoms with Crippen molar-refractivity contribution in [1.29, 1.82) is 0 Å². The van der Waals surface area contributed by atoms with E-state index in [2.05, 4.69) is 20.7 Å². The maximum Gasteiger partial charge on any atom is 0.251 e. The molecule has 10 nitrogen and oxygen atoms in total. The Bertz CT molecular complexity index is 1930. The van der Waals surface area contributed by atoms with Gasteiger partial charge in [-0.05, 0) is 57.0 Å². The van der Waals surface area contributed by atoms with Crippen LogP contribution in [0.15, 0.2) is 66.0 Å². The summed E-state index contributed by atoms with van der Waals surface area (Å²) in [4.78, 5) is 31.7. The lowest BCUT2D eigenvalue weighted by molar-refractivity contribution is -0.119. The Balaban J connectivity index is 1.48. The highest BCUT2D eigenvalue weighted by Crippen LogP contribution is 2.37. The Kier molecular flexibility index (Phi) is 8.32. The van der Waals surface area contributed by atoms with Crippen molar-refractivity contribution in [3.8, 4) is 28.1 Å². The fourth-order valence-corrected chi connectivity index (χ4v) is 6.16.